The number of allylic oxidation sites excluding steroid dienone is 1. The molecule has 0 radical (unpaired) electrons. The Bertz CT molecular complexity index is 385. The molecular weight excluding hydrogens is 226 g/mol. The number of carbonyl (C=O) groups is 1. The highest BCUT2D eigenvalue weighted by Gasteiger charge is 2.12. The first-order valence-electron chi connectivity index (χ1n) is 5.20. The van der Waals surface area contributed by atoms with Crippen molar-refractivity contribution in [2.24, 2.45) is 7.05 Å². The first-order valence-corrected chi connectivity index (χ1v) is 5.74. The molecule has 1 aromatic rings. The molecule has 0 bridgehead atoms. The van der Waals surface area contributed by atoms with Crippen molar-refractivity contribution in [3.05, 3.63) is 29.6 Å². The third-order valence-corrected chi connectivity index (χ3v) is 2.30. The number of carbonyl (C=O) groups excluding carboxylic acids is 1. The minimum atomic E-state index is -0.0934. The standard InChI is InChI=1S/C11H16ClN3O/c1-3-10-9(8-15(2)14-10)11(16)13-7-5-4-6-12/h4-5,8H,3,6-7H2,1-2H3,(H,13,16)/b5-4+. The maximum absolute atomic E-state index is 11.8. The number of aromatic nitrogens is 2. The van der Waals surface area contributed by atoms with Gasteiger partial charge in [0.2, 0.25) is 0 Å². The van der Waals surface area contributed by atoms with Crippen molar-refractivity contribution in [2.75, 3.05) is 12.4 Å². The fraction of sp³-hybridized carbons (Fsp3) is 0.455. The second-order valence-electron chi connectivity index (χ2n) is 3.35. The minimum absolute atomic E-state index is 0.0934. The lowest BCUT2D eigenvalue weighted by atomic mass is 10.2. The second kappa shape index (κ2) is 6.33. The molecule has 0 atom stereocenters. The van der Waals surface area contributed by atoms with Crippen LogP contribution in [0.5, 0.6) is 0 Å². The Kier molecular flexibility index (Phi) is 5.05. The van der Waals surface area contributed by atoms with Crippen molar-refractivity contribution in [3.8, 4) is 0 Å². The third kappa shape index (κ3) is 3.38. The van der Waals surface area contributed by atoms with Crippen molar-refractivity contribution >= 4 is 17.5 Å². The van der Waals surface area contributed by atoms with E-state index in [0.29, 0.717) is 18.0 Å². The number of aryl methyl sites for hydroxylation is 2. The number of alkyl halides is 1. The Morgan fingerprint density at radius 3 is 3.00 bits per heavy atom. The molecule has 0 saturated heterocycles. The summed E-state index contributed by atoms with van der Waals surface area (Å²) in [6, 6.07) is 0. The Morgan fingerprint density at radius 1 is 1.62 bits per heavy atom. The van der Waals surface area contributed by atoms with Crippen LogP contribution in [-0.4, -0.2) is 28.1 Å². The van der Waals surface area contributed by atoms with Crippen molar-refractivity contribution in [2.45, 2.75) is 13.3 Å². The van der Waals surface area contributed by atoms with E-state index in [9.17, 15) is 4.79 Å². The zero-order chi connectivity index (χ0) is 12.0. The number of rotatable bonds is 5. The highest BCUT2D eigenvalue weighted by molar-refractivity contribution is 6.18. The zero-order valence-corrected chi connectivity index (χ0v) is 10.3. The van der Waals surface area contributed by atoms with Crippen LogP contribution in [0.1, 0.15) is 23.0 Å². The summed E-state index contributed by atoms with van der Waals surface area (Å²) < 4.78 is 1.66. The van der Waals surface area contributed by atoms with Gasteiger partial charge < -0.3 is 5.32 Å². The average Bonchev–Trinajstić information content (AvgIpc) is 2.65. The molecule has 1 rings (SSSR count). The normalized spacial score (nSPS) is 10.9. The van der Waals surface area contributed by atoms with Crippen LogP contribution in [0.15, 0.2) is 18.3 Å². The number of hydrogen-bond acceptors (Lipinski definition) is 2. The zero-order valence-electron chi connectivity index (χ0n) is 9.53. The Morgan fingerprint density at radius 2 is 2.38 bits per heavy atom. The molecule has 1 N–H and O–H groups in total. The lowest BCUT2D eigenvalue weighted by molar-refractivity contribution is 0.0957. The van der Waals surface area contributed by atoms with Crippen LogP contribution in [0.2, 0.25) is 0 Å². The van der Waals surface area contributed by atoms with E-state index in [2.05, 4.69) is 10.4 Å². The second-order valence-corrected chi connectivity index (χ2v) is 3.66. The minimum Gasteiger partial charge on any atom is -0.348 e. The number of halogens is 1. The first kappa shape index (κ1) is 12.8. The molecule has 0 aliphatic rings. The number of amides is 1. The monoisotopic (exact) mass is 241 g/mol. The van der Waals surface area contributed by atoms with E-state index in [-0.39, 0.29) is 5.91 Å². The molecule has 1 aromatic heterocycles. The average molecular weight is 242 g/mol. The number of hydrogen-bond donors (Lipinski definition) is 1. The molecule has 0 unspecified atom stereocenters. The van der Waals surface area contributed by atoms with E-state index >= 15 is 0 Å². The highest BCUT2D eigenvalue weighted by Crippen LogP contribution is 2.06. The van der Waals surface area contributed by atoms with E-state index < -0.39 is 0 Å². The van der Waals surface area contributed by atoms with Crippen LogP contribution in [0.3, 0.4) is 0 Å². The predicted molar refractivity (Wildman–Crippen MR) is 64.8 cm³/mol. The molecule has 0 aliphatic heterocycles. The van der Waals surface area contributed by atoms with Crippen molar-refractivity contribution < 1.29 is 4.79 Å². The van der Waals surface area contributed by atoms with Crippen LogP contribution in [-0.2, 0) is 13.5 Å². The van der Waals surface area contributed by atoms with Crippen molar-refractivity contribution in [1.82, 2.24) is 15.1 Å². The molecule has 0 aliphatic carbocycles. The third-order valence-electron chi connectivity index (χ3n) is 2.12. The molecule has 0 fully saturated rings. The summed E-state index contributed by atoms with van der Waals surface area (Å²) in [6.45, 7) is 2.47. The van der Waals surface area contributed by atoms with E-state index in [1.165, 1.54) is 0 Å². The molecule has 16 heavy (non-hydrogen) atoms. The van der Waals surface area contributed by atoms with Gasteiger partial charge in [-0.2, -0.15) is 5.10 Å². The molecule has 5 heteroatoms. The SMILES string of the molecule is CCc1nn(C)cc1C(=O)NC/C=C/CCl. The van der Waals surface area contributed by atoms with Gasteiger partial charge in [0.05, 0.1) is 11.3 Å². The van der Waals surface area contributed by atoms with Crippen LogP contribution >= 0.6 is 11.6 Å². The summed E-state index contributed by atoms with van der Waals surface area (Å²) in [6.07, 6.45) is 6.11. The summed E-state index contributed by atoms with van der Waals surface area (Å²) in [7, 11) is 1.81. The van der Waals surface area contributed by atoms with Crippen molar-refractivity contribution in [3.63, 3.8) is 0 Å². The van der Waals surface area contributed by atoms with Gasteiger partial charge in [-0.1, -0.05) is 19.1 Å². The summed E-state index contributed by atoms with van der Waals surface area (Å²) in [5.74, 6) is 0.368. The molecule has 88 valence electrons. The van der Waals surface area contributed by atoms with Crippen LogP contribution in [0.25, 0.3) is 0 Å². The highest BCUT2D eigenvalue weighted by atomic mass is 35.5. The summed E-state index contributed by atoms with van der Waals surface area (Å²) in [5, 5.41) is 7.00. The van der Waals surface area contributed by atoms with Gasteiger partial charge in [0, 0.05) is 25.7 Å². The molecule has 1 amide bonds. The van der Waals surface area contributed by atoms with E-state index in [0.717, 1.165) is 12.1 Å². The van der Waals surface area contributed by atoms with Gasteiger partial charge in [0.15, 0.2) is 0 Å². The molecule has 0 spiro atoms. The van der Waals surface area contributed by atoms with Crippen LogP contribution in [0, 0.1) is 0 Å². The van der Waals surface area contributed by atoms with Gasteiger partial charge in [0.1, 0.15) is 0 Å². The molecule has 0 aromatic carbocycles. The van der Waals surface area contributed by atoms with E-state index in [1.807, 2.05) is 20.0 Å². The molecule has 4 nitrogen and oxygen atoms in total. The molecule has 1 heterocycles. The number of nitrogens with one attached hydrogen (secondary N) is 1. The van der Waals surface area contributed by atoms with Gasteiger partial charge in [-0.05, 0) is 6.42 Å². The quantitative estimate of drug-likeness (QED) is 0.628. The van der Waals surface area contributed by atoms with Crippen LogP contribution in [0.4, 0.5) is 0 Å². The maximum Gasteiger partial charge on any atom is 0.255 e. The Hall–Kier alpha value is -1.29. The van der Waals surface area contributed by atoms with Crippen molar-refractivity contribution in [1.29, 1.82) is 0 Å². The Balaban J connectivity index is 2.61. The summed E-state index contributed by atoms with van der Waals surface area (Å²) in [5.41, 5.74) is 1.46. The number of nitrogens with zero attached hydrogens (tertiary/aromatic N) is 2. The lowest BCUT2D eigenvalue weighted by Crippen LogP contribution is -2.23. The van der Waals surface area contributed by atoms with Gasteiger partial charge in [-0.3, -0.25) is 9.48 Å². The molecular formula is C11H16ClN3O. The van der Waals surface area contributed by atoms with E-state index in [4.69, 9.17) is 11.6 Å². The first-order chi connectivity index (χ1) is 7.69. The summed E-state index contributed by atoms with van der Waals surface area (Å²) >= 11 is 5.47. The van der Waals surface area contributed by atoms with Crippen LogP contribution < -0.4 is 5.32 Å². The molecule has 0 saturated carbocycles. The topological polar surface area (TPSA) is 46.9 Å². The van der Waals surface area contributed by atoms with Gasteiger partial charge >= 0.3 is 0 Å². The van der Waals surface area contributed by atoms with Gasteiger partial charge in [0.25, 0.3) is 5.91 Å². The fourth-order valence-corrected chi connectivity index (χ4v) is 1.50. The smallest absolute Gasteiger partial charge is 0.255 e. The van der Waals surface area contributed by atoms with Gasteiger partial charge in [-0.15, -0.1) is 11.6 Å². The fourth-order valence-electron chi connectivity index (χ4n) is 1.38. The largest absolute Gasteiger partial charge is 0.348 e. The van der Waals surface area contributed by atoms with Gasteiger partial charge in [-0.25, -0.2) is 0 Å². The maximum atomic E-state index is 11.8. The van der Waals surface area contributed by atoms with E-state index in [1.54, 1.807) is 17.0 Å². The predicted octanol–water partition coefficient (Wildman–Crippen LogP) is 1.51. The summed E-state index contributed by atoms with van der Waals surface area (Å²) in [4.78, 5) is 11.8. The Labute approximate surface area is 100 Å². The lowest BCUT2D eigenvalue weighted by Gasteiger charge is -2.00.